The molecule has 2 rings (SSSR count). The van der Waals surface area contributed by atoms with Crippen LogP contribution in [0.25, 0.3) is 11.4 Å². The van der Waals surface area contributed by atoms with E-state index in [1.54, 1.807) is 19.3 Å². The van der Waals surface area contributed by atoms with Gasteiger partial charge in [0.2, 0.25) is 5.88 Å². The fraction of sp³-hybridized carbons (Fsp3) is 0.200. The summed E-state index contributed by atoms with van der Waals surface area (Å²) in [5.74, 6) is 0.703. The van der Waals surface area contributed by atoms with E-state index >= 15 is 0 Å². The molecule has 0 spiro atoms. The van der Waals surface area contributed by atoms with Crippen LogP contribution in [0.4, 0.5) is 0 Å². The number of H-pyrrole nitrogens is 1. The lowest BCUT2D eigenvalue weighted by Gasteiger charge is -1.99. The summed E-state index contributed by atoms with van der Waals surface area (Å²) in [6.07, 6.45) is 3.46. The van der Waals surface area contributed by atoms with E-state index in [0.717, 1.165) is 11.1 Å². The third-order valence-electron chi connectivity index (χ3n) is 2.15. The molecule has 0 atom stereocenters. The quantitative estimate of drug-likeness (QED) is 0.719. The molecule has 2 aromatic heterocycles. The molecule has 0 aliphatic heterocycles. The molecule has 4 nitrogen and oxygen atoms in total. The van der Waals surface area contributed by atoms with E-state index in [0.29, 0.717) is 11.5 Å². The zero-order valence-electron chi connectivity index (χ0n) is 8.07. The van der Waals surface area contributed by atoms with Crippen molar-refractivity contribution in [3.8, 4) is 17.3 Å². The van der Waals surface area contributed by atoms with Crippen molar-refractivity contribution < 1.29 is 5.11 Å². The summed E-state index contributed by atoms with van der Waals surface area (Å²) in [5, 5.41) is 9.33. The summed E-state index contributed by atoms with van der Waals surface area (Å²) in [6.45, 7) is 3.75. The fourth-order valence-electron chi connectivity index (χ4n) is 1.29. The topological polar surface area (TPSA) is 61.8 Å². The minimum absolute atomic E-state index is 0.0447. The molecular weight excluding hydrogens is 178 g/mol. The van der Waals surface area contributed by atoms with Crippen molar-refractivity contribution in [2.45, 2.75) is 13.8 Å². The maximum atomic E-state index is 9.33. The number of nitrogens with one attached hydrogen (secondary N) is 1. The Kier molecular flexibility index (Phi) is 1.96. The summed E-state index contributed by atoms with van der Waals surface area (Å²) in [4.78, 5) is 11.0. The van der Waals surface area contributed by atoms with Crippen LogP contribution in [0, 0.1) is 13.8 Å². The van der Waals surface area contributed by atoms with Crippen molar-refractivity contribution in [2.24, 2.45) is 0 Å². The number of hydrogen-bond donors (Lipinski definition) is 2. The Balaban J connectivity index is 2.55. The van der Waals surface area contributed by atoms with Crippen molar-refractivity contribution in [1.82, 2.24) is 15.0 Å². The van der Waals surface area contributed by atoms with Gasteiger partial charge in [0.05, 0.1) is 5.69 Å². The molecule has 0 aliphatic rings. The van der Waals surface area contributed by atoms with Gasteiger partial charge in [-0.05, 0) is 25.5 Å². The zero-order valence-corrected chi connectivity index (χ0v) is 8.07. The van der Waals surface area contributed by atoms with E-state index in [-0.39, 0.29) is 5.88 Å². The van der Waals surface area contributed by atoms with E-state index in [1.807, 2.05) is 13.0 Å². The Morgan fingerprint density at radius 3 is 2.71 bits per heavy atom. The third-order valence-corrected chi connectivity index (χ3v) is 2.15. The molecule has 0 fully saturated rings. The number of aromatic amines is 1. The standard InChI is InChI=1S/C10H11N3O/c1-6-3-4-11-5-8(6)9-12-7(2)10(14)13-9/h3-5,14H,1-2H3,(H,12,13). The predicted octanol–water partition coefficient (Wildman–Crippen LogP) is 1.79. The SMILES string of the molecule is Cc1ccncc1-c1nc(O)c(C)[nH]1. The summed E-state index contributed by atoms with van der Waals surface area (Å²) in [7, 11) is 0. The van der Waals surface area contributed by atoms with E-state index in [2.05, 4.69) is 15.0 Å². The molecule has 2 heterocycles. The Hall–Kier alpha value is -1.84. The predicted molar refractivity (Wildman–Crippen MR) is 53.0 cm³/mol. The second kappa shape index (κ2) is 3.14. The van der Waals surface area contributed by atoms with Gasteiger partial charge in [-0.25, -0.2) is 0 Å². The van der Waals surface area contributed by atoms with E-state index in [9.17, 15) is 5.11 Å². The minimum Gasteiger partial charge on any atom is -0.492 e. The van der Waals surface area contributed by atoms with Crippen LogP contribution in [0.5, 0.6) is 5.88 Å². The second-order valence-corrected chi connectivity index (χ2v) is 3.22. The zero-order chi connectivity index (χ0) is 10.1. The molecule has 2 N–H and O–H groups in total. The van der Waals surface area contributed by atoms with Crippen molar-refractivity contribution in [3.63, 3.8) is 0 Å². The number of aromatic hydroxyl groups is 1. The molecule has 0 saturated carbocycles. The first kappa shape index (κ1) is 8.74. The van der Waals surface area contributed by atoms with Crippen LogP contribution in [0.3, 0.4) is 0 Å². The maximum absolute atomic E-state index is 9.33. The van der Waals surface area contributed by atoms with Crippen LogP contribution in [0.15, 0.2) is 18.5 Å². The molecule has 0 aromatic carbocycles. The van der Waals surface area contributed by atoms with Crippen LogP contribution < -0.4 is 0 Å². The van der Waals surface area contributed by atoms with Crippen LogP contribution in [-0.4, -0.2) is 20.1 Å². The van der Waals surface area contributed by atoms with Crippen LogP contribution in [0.2, 0.25) is 0 Å². The molecular formula is C10H11N3O. The molecule has 0 radical (unpaired) electrons. The number of nitrogens with zero attached hydrogens (tertiary/aromatic N) is 2. The molecule has 2 aromatic rings. The maximum Gasteiger partial charge on any atom is 0.232 e. The number of aryl methyl sites for hydroxylation is 2. The number of pyridine rings is 1. The van der Waals surface area contributed by atoms with Crippen LogP contribution in [-0.2, 0) is 0 Å². The molecule has 72 valence electrons. The Bertz CT molecular complexity index is 443. The summed E-state index contributed by atoms with van der Waals surface area (Å²) in [6, 6.07) is 1.91. The van der Waals surface area contributed by atoms with Gasteiger partial charge in [0.1, 0.15) is 5.82 Å². The highest BCUT2D eigenvalue weighted by Gasteiger charge is 2.08. The smallest absolute Gasteiger partial charge is 0.232 e. The van der Waals surface area contributed by atoms with Gasteiger partial charge in [0.15, 0.2) is 0 Å². The average Bonchev–Trinajstić information content (AvgIpc) is 2.48. The lowest BCUT2D eigenvalue weighted by atomic mass is 10.1. The lowest BCUT2D eigenvalue weighted by Crippen LogP contribution is -1.86. The van der Waals surface area contributed by atoms with Crippen molar-refractivity contribution >= 4 is 0 Å². The Labute approximate surface area is 81.7 Å². The Morgan fingerprint density at radius 1 is 1.36 bits per heavy atom. The first-order valence-electron chi connectivity index (χ1n) is 4.35. The highest BCUT2D eigenvalue weighted by Crippen LogP contribution is 2.22. The summed E-state index contributed by atoms with van der Waals surface area (Å²) < 4.78 is 0. The molecule has 14 heavy (non-hydrogen) atoms. The number of aromatic nitrogens is 3. The van der Waals surface area contributed by atoms with Gasteiger partial charge < -0.3 is 10.1 Å². The normalized spacial score (nSPS) is 10.4. The van der Waals surface area contributed by atoms with Crippen molar-refractivity contribution in [2.75, 3.05) is 0 Å². The van der Waals surface area contributed by atoms with E-state index < -0.39 is 0 Å². The van der Waals surface area contributed by atoms with Gasteiger partial charge in [0, 0.05) is 18.0 Å². The van der Waals surface area contributed by atoms with Crippen LogP contribution >= 0.6 is 0 Å². The summed E-state index contributed by atoms with van der Waals surface area (Å²) >= 11 is 0. The van der Waals surface area contributed by atoms with E-state index in [4.69, 9.17) is 0 Å². The summed E-state index contributed by atoms with van der Waals surface area (Å²) in [5.41, 5.74) is 2.66. The van der Waals surface area contributed by atoms with Gasteiger partial charge >= 0.3 is 0 Å². The van der Waals surface area contributed by atoms with Gasteiger partial charge in [-0.1, -0.05) is 0 Å². The molecule has 4 heteroatoms. The first-order valence-corrected chi connectivity index (χ1v) is 4.35. The van der Waals surface area contributed by atoms with Crippen molar-refractivity contribution in [3.05, 3.63) is 29.7 Å². The van der Waals surface area contributed by atoms with Gasteiger partial charge in [-0.2, -0.15) is 4.98 Å². The number of imidazole rings is 1. The van der Waals surface area contributed by atoms with Gasteiger partial charge in [-0.15, -0.1) is 0 Å². The van der Waals surface area contributed by atoms with Gasteiger partial charge in [-0.3, -0.25) is 4.98 Å². The molecule has 0 unspecified atom stereocenters. The lowest BCUT2D eigenvalue weighted by molar-refractivity contribution is 0.452. The molecule has 0 amide bonds. The molecule has 0 bridgehead atoms. The highest BCUT2D eigenvalue weighted by molar-refractivity contribution is 5.59. The molecule has 0 aliphatic carbocycles. The van der Waals surface area contributed by atoms with Crippen LogP contribution in [0.1, 0.15) is 11.3 Å². The van der Waals surface area contributed by atoms with Gasteiger partial charge in [0.25, 0.3) is 0 Å². The monoisotopic (exact) mass is 189 g/mol. The Morgan fingerprint density at radius 2 is 2.14 bits per heavy atom. The first-order chi connectivity index (χ1) is 6.68. The number of hydrogen-bond acceptors (Lipinski definition) is 3. The minimum atomic E-state index is 0.0447. The average molecular weight is 189 g/mol. The highest BCUT2D eigenvalue weighted by atomic mass is 16.3. The molecule has 0 saturated heterocycles. The third kappa shape index (κ3) is 1.35. The van der Waals surface area contributed by atoms with E-state index in [1.165, 1.54) is 0 Å². The largest absolute Gasteiger partial charge is 0.492 e. The fourth-order valence-corrected chi connectivity index (χ4v) is 1.29. The second-order valence-electron chi connectivity index (χ2n) is 3.22. The van der Waals surface area contributed by atoms with Crippen molar-refractivity contribution in [1.29, 1.82) is 0 Å². The number of rotatable bonds is 1.